The van der Waals surface area contributed by atoms with Crippen LogP contribution in [0.3, 0.4) is 0 Å². The van der Waals surface area contributed by atoms with Gasteiger partial charge in [-0.3, -0.25) is 4.98 Å². The maximum absolute atomic E-state index is 5.35. The number of aromatic nitrogens is 2. The Morgan fingerprint density at radius 1 is 0.861 bits per heavy atom. The van der Waals surface area contributed by atoms with Crippen molar-refractivity contribution in [2.24, 2.45) is 0 Å². The molecular weight excluding hydrogens is 440 g/mol. The Morgan fingerprint density at radius 3 is 2.56 bits per heavy atom. The summed E-state index contributed by atoms with van der Waals surface area (Å²) in [6.45, 7) is 3.25. The van der Waals surface area contributed by atoms with Gasteiger partial charge in [0, 0.05) is 30.3 Å². The first-order valence-corrected chi connectivity index (χ1v) is 12.6. The van der Waals surface area contributed by atoms with E-state index in [4.69, 9.17) is 9.72 Å². The zero-order chi connectivity index (χ0) is 24.5. The van der Waals surface area contributed by atoms with Gasteiger partial charge in [-0.05, 0) is 75.8 Å². The Labute approximate surface area is 212 Å². The summed E-state index contributed by atoms with van der Waals surface area (Å²) < 4.78 is 7.72. The fourth-order valence-corrected chi connectivity index (χ4v) is 5.27. The minimum Gasteiger partial charge on any atom is -0.497 e. The van der Waals surface area contributed by atoms with Crippen LogP contribution in [0.15, 0.2) is 91.3 Å². The van der Waals surface area contributed by atoms with E-state index in [9.17, 15) is 0 Å². The minimum absolute atomic E-state index is 0.880. The Hall–Kier alpha value is -4.24. The standard InChI is InChI=1S/C33H29N2O/c1-3-25-11-12-26-16-19-35-18-5-4-6-31(35)33(26)32(25)30-21-24(15-17-34-30)8-7-23-9-10-28-22-29(36-2)14-13-27(28)20-23/h4-15,17-18,20-22H,3,16,19H2,1-2H3/q+1/b8-7+. The van der Waals surface area contributed by atoms with Crippen molar-refractivity contribution in [1.29, 1.82) is 0 Å². The highest BCUT2D eigenvalue weighted by molar-refractivity contribution is 5.88. The molecule has 3 heterocycles. The fraction of sp³-hybridized carbons (Fsp3) is 0.152. The van der Waals surface area contributed by atoms with Gasteiger partial charge in [-0.25, -0.2) is 0 Å². The lowest BCUT2D eigenvalue weighted by atomic mass is 9.86. The Kier molecular flexibility index (Phi) is 5.82. The molecule has 2 aromatic heterocycles. The molecule has 0 bridgehead atoms. The molecule has 0 fully saturated rings. The predicted octanol–water partition coefficient (Wildman–Crippen LogP) is 7.15. The van der Waals surface area contributed by atoms with E-state index in [1.807, 2.05) is 12.3 Å². The molecule has 176 valence electrons. The van der Waals surface area contributed by atoms with Crippen LogP contribution in [-0.4, -0.2) is 12.1 Å². The van der Waals surface area contributed by atoms with Crippen molar-refractivity contribution < 1.29 is 9.30 Å². The number of rotatable bonds is 5. The lowest BCUT2D eigenvalue weighted by molar-refractivity contribution is -0.687. The van der Waals surface area contributed by atoms with Crippen molar-refractivity contribution in [2.45, 2.75) is 26.3 Å². The maximum Gasteiger partial charge on any atom is 0.213 e. The molecule has 3 aromatic carbocycles. The lowest BCUT2D eigenvalue weighted by Gasteiger charge is -2.20. The van der Waals surface area contributed by atoms with Crippen molar-refractivity contribution in [3.05, 3.63) is 114 Å². The van der Waals surface area contributed by atoms with E-state index in [2.05, 4.69) is 103 Å². The molecule has 0 saturated carbocycles. The molecular formula is C33H29N2O+. The van der Waals surface area contributed by atoms with Crippen LogP contribution in [0.5, 0.6) is 5.75 Å². The number of nitrogens with zero attached hydrogens (tertiary/aromatic N) is 2. The second-order valence-corrected chi connectivity index (χ2v) is 9.30. The van der Waals surface area contributed by atoms with Crippen molar-refractivity contribution in [3.63, 3.8) is 0 Å². The SMILES string of the molecule is CCc1ccc2c(c1-c1cc(/C=C/c3ccc4cc(OC)ccc4c3)ccn1)-c1cccc[n+]1CC2. The third kappa shape index (κ3) is 4.07. The quantitative estimate of drug-likeness (QED) is 0.255. The van der Waals surface area contributed by atoms with Crippen LogP contribution in [0.4, 0.5) is 0 Å². The number of methoxy groups -OCH3 is 1. The first-order chi connectivity index (χ1) is 17.7. The summed E-state index contributed by atoms with van der Waals surface area (Å²) in [7, 11) is 1.70. The summed E-state index contributed by atoms with van der Waals surface area (Å²) in [6.07, 6.45) is 10.5. The second kappa shape index (κ2) is 9.43. The Balaban J connectivity index is 1.39. The van der Waals surface area contributed by atoms with E-state index < -0.39 is 0 Å². The molecule has 0 unspecified atom stereocenters. The van der Waals surface area contributed by atoms with E-state index >= 15 is 0 Å². The zero-order valence-corrected chi connectivity index (χ0v) is 20.7. The summed E-state index contributed by atoms with van der Waals surface area (Å²) in [5.74, 6) is 0.880. The molecule has 0 atom stereocenters. The smallest absolute Gasteiger partial charge is 0.213 e. The summed E-state index contributed by atoms with van der Waals surface area (Å²) in [6, 6.07) is 28.1. The van der Waals surface area contributed by atoms with Crippen LogP contribution in [-0.2, 0) is 19.4 Å². The molecule has 1 aliphatic heterocycles. The number of hydrogen-bond donors (Lipinski definition) is 0. The average Bonchev–Trinajstić information content (AvgIpc) is 2.95. The highest BCUT2D eigenvalue weighted by atomic mass is 16.5. The van der Waals surface area contributed by atoms with Crippen LogP contribution in [0.1, 0.15) is 29.2 Å². The number of benzene rings is 3. The highest BCUT2D eigenvalue weighted by Gasteiger charge is 2.27. The van der Waals surface area contributed by atoms with Gasteiger partial charge in [-0.15, -0.1) is 0 Å². The van der Waals surface area contributed by atoms with E-state index in [-0.39, 0.29) is 0 Å². The summed E-state index contributed by atoms with van der Waals surface area (Å²) >= 11 is 0. The molecule has 3 nitrogen and oxygen atoms in total. The van der Waals surface area contributed by atoms with Crippen molar-refractivity contribution in [2.75, 3.05) is 7.11 Å². The normalized spacial score (nSPS) is 12.5. The summed E-state index contributed by atoms with van der Waals surface area (Å²) in [5.41, 5.74) is 9.97. The van der Waals surface area contributed by atoms with Gasteiger partial charge in [0.15, 0.2) is 12.7 Å². The third-order valence-corrected chi connectivity index (χ3v) is 7.16. The molecule has 1 aliphatic rings. The van der Waals surface area contributed by atoms with E-state index in [1.54, 1.807) is 7.11 Å². The molecule has 0 aliphatic carbocycles. The monoisotopic (exact) mass is 469 g/mol. The van der Waals surface area contributed by atoms with E-state index in [0.717, 1.165) is 36.4 Å². The molecule has 0 spiro atoms. The number of ether oxygens (including phenoxy) is 1. The van der Waals surface area contributed by atoms with Gasteiger partial charge in [0.05, 0.1) is 18.4 Å². The summed E-state index contributed by atoms with van der Waals surface area (Å²) in [4.78, 5) is 4.86. The third-order valence-electron chi connectivity index (χ3n) is 7.16. The van der Waals surface area contributed by atoms with Crippen LogP contribution < -0.4 is 9.30 Å². The maximum atomic E-state index is 5.35. The topological polar surface area (TPSA) is 26.0 Å². The summed E-state index contributed by atoms with van der Waals surface area (Å²) in [5, 5.41) is 2.38. The lowest BCUT2D eigenvalue weighted by Crippen LogP contribution is -2.40. The van der Waals surface area contributed by atoms with Gasteiger partial charge in [-0.2, -0.15) is 4.57 Å². The molecule has 0 amide bonds. The molecule has 6 rings (SSSR count). The van der Waals surface area contributed by atoms with Gasteiger partial charge in [-0.1, -0.05) is 49.4 Å². The minimum atomic E-state index is 0.880. The van der Waals surface area contributed by atoms with Gasteiger partial charge >= 0.3 is 0 Å². The first kappa shape index (κ1) is 22.2. The van der Waals surface area contributed by atoms with Gasteiger partial charge in [0.1, 0.15) is 5.75 Å². The number of fused-ring (bicyclic) bond motifs is 4. The van der Waals surface area contributed by atoms with Crippen molar-refractivity contribution >= 4 is 22.9 Å². The largest absolute Gasteiger partial charge is 0.497 e. The number of pyridine rings is 2. The predicted molar refractivity (Wildman–Crippen MR) is 148 cm³/mol. The van der Waals surface area contributed by atoms with Crippen LogP contribution in [0, 0.1) is 0 Å². The number of aryl methyl sites for hydroxylation is 3. The van der Waals surface area contributed by atoms with Gasteiger partial charge in [0.2, 0.25) is 5.69 Å². The van der Waals surface area contributed by atoms with E-state index in [0.29, 0.717) is 0 Å². The van der Waals surface area contributed by atoms with E-state index in [1.165, 1.54) is 44.3 Å². The molecule has 0 N–H and O–H groups in total. The van der Waals surface area contributed by atoms with Gasteiger partial charge < -0.3 is 4.74 Å². The fourth-order valence-electron chi connectivity index (χ4n) is 5.27. The average molecular weight is 470 g/mol. The molecule has 36 heavy (non-hydrogen) atoms. The molecule has 5 aromatic rings. The Morgan fingerprint density at radius 2 is 1.69 bits per heavy atom. The van der Waals surface area contributed by atoms with Crippen LogP contribution >= 0.6 is 0 Å². The van der Waals surface area contributed by atoms with Crippen molar-refractivity contribution in [3.8, 4) is 28.3 Å². The zero-order valence-electron chi connectivity index (χ0n) is 20.7. The molecule has 3 heteroatoms. The first-order valence-electron chi connectivity index (χ1n) is 12.6. The number of hydrogen-bond acceptors (Lipinski definition) is 2. The highest BCUT2D eigenvalue weighted by Crippen LogP contribution is 2.38. The molecule has 0 radical (unpaired) electrons. The molecule has 0 saturated heterocycles. The second-order valence-electron chi connectivity index (χ2n) is 9.30. The van der Waals surface area contributed by atoms with Crippen molar-refractivity contribution in [1.82, 2.24) is 4.98 Å². The van der Waals surface area contributed by atoms with Crippen LogP contribution in [0.25, 0.3) is 45.4 Å². The Bertz CT molecular complexity index is 1620. The van der Waals surface area contributed by atoms with Gasteiger partial charge in [0.25, 0.3) is 0 Å². The van der Waals surface area contributed by atoms with Crippen LogP contribution in [0.2, 0.25) is 0 Å².